The molecule has 0 aliphatic carbocycles. The molecule has 1 fully saturated rings. The highest BCUT2D eigenvalue weighted by atomic mass is 16.5. The van der Waals surface area contributed by atoms with Crippen LogP contribution in [0.25, 0.3) is 0 Å². The van der Waals surface area contributed by atoms with E-state index >= 15 is 0 Å². The lowest BCUT2D eigenvalue weighted by molar-refractivity contribution is -0.0813. The van der Waals surface area contributed by atoms with E-state index in [4.69, 9.17) is 9.47 Å². The van der Waals surface area contributed by atoms with Crippen molar-refractivity contribution in [3.63, 3.8) is 0 Å². The van der Waals surface area contributed by atoms with E-state index in [-0.39, 0.29) is 13.2 Å². The van der Waals surface area contributed by atoms with E-state index in [1.807, 2.05) is 6.08 Å². The second-order valence-electron chi connectivity index (χ2n) is 6.76. The van der Waals surface area contributed by atoms with E-state index < -0.39 is 24.4 Å². The quantitative estimate of drug-likeness (QED) is 0.314. The van der Waals surface area contributed by atoms with Gasteiger partial charge in [0.1, 0.15) is 24.4 Å². The number of rotatable bonds is 15. The van der Waals surface area contributed by atoms with Crippen molar-refractivity contribution in [3.05, 3.63) is 12.7 Å². The minimum atomic E-state index is -1.03. The zero-order valence-electron chi connectivity index (χ0n) is 14.9. The normalized spacial score (nSPS) is 25.0. The number of hydrogen-bond donors (Lipinski definition) is 3. The molecule has 1 aliphatic heterocycles. The van der Waals surface area contributed by atoms with Crippen LogP contribution in [0.1, 0.15) is 64.2 Å². The molecule has 0 bridgehead atoms. The number of aliphatic hydroxyl groups excluding tert-OH is 3. The average Bonchev–Trinajstić information content (AvgIpc) is 2.91. The summed E-state index contributed by atoms with van der Waals surface area (Å²) in [5.41, 5.74) is 0. The van der Waals surface area contributed by atoms with Crippen molar-refractivity contribution in [1.29, 1.82) is 0 Å². The van der Waals surface area contributed by atoms with E-state index in [2.05, 4.69) is 6.58 Å². The van der Waals surface area contributed by atoms with Crippen LogP contribution in [0.2, 0.25) is 0 Å². The molecule has 1 rings (SSSR count). The highest BCUT2D eigenvalue weighted by Gasteiger charge is 2.39. The molecule has 0 amide bonds. The average molecular weight is 344 g/mol. The Morgan fingerprint density at radius 1 is 1.00 bits per heavy atom. The van der Waals surface area contributed by atoms with Gasteiger partial charge in [-0.1, -0.05) is 51.0 Å². The van der Waals surface area contributed by atoms with Crippen LogP contribution < -0.4 is 0 Å². The summed E-state index contributed by atoms with van der Waals surface area (Å²) in [4.78, 5) is 0. The lowest BCUT2D eigenvalue weighted by atomic mass is 10.1. The van der Waals surface area contributed by atoms with Crippen molar-refractivity contribution >= 4 is 0 Å². The lowest BCUT2D eigenvalue weighted by Crippen LogP contribution is -2.40. The lowest BCUT2D eigenvalue weighted by Gasteiger charge is -2.20. The molecule has 0 aromatic heterocycles. The number of allylic oxidation sites excluding steroid dienone is 1. The Labute approximate surface area is 146 Å². The standard InChI is InChI=1S/C19H36O5/c1-2-3-4-5-6-7-8-9-10-11-12-13-23-14-17(21)19-18(22)16(20)15-24-19/h2,16-22H,1,3-15H2/t16-,17+,18-,19-/m0/s1. The largest absolute Gasteiger partial charge is 0.388 e. The second-order valence-corrected chi connectivity index (χ2v) is 6.76. The Bertz CT molecular complexity index is 310. The van der Waals surface area contributed by atoms with Gasteiger partial charge in [0, 0.05) is 6.61 Å². The highest BCUT2D eigenvalue weighted by molar-refractivity contribution is 4.87. The molecule has 24 heavy (non-hydrogen) atoms. The Morgan fingerprint density at radius 2 is 1.58 bits per heavy atom. The fourth-order valence-corrected chi connectivity index (χ4v) is 2.99. The van der Waals surface area contributed by atoms with Gasteiger partial charge in [0.15, 0.2) is 0 Å². The maximum atomic E-state index is 9.89. The second kappa shape index (κ2) is 13.8. The molecule has 0 spiro atoms. The minimum Gasteiger partial charge on any atom is -0.388 e. The van der Waals surface area contributed by atoms with Crippen LogP contribution in [0, 0.1) is 0 Å². The topological polar surface area (TPSA) is 79.2 Å². The fourth-order valence-electron chi connectivity index (χ4n) is 2.99. The summed E-state index contributed by atoms with van der Waals surface area (Å²) in [5.74, 6) is 0. The third-order valence-electron chi connectivity index (χ3n) is 4.56. The van der Waals surface area contributed by atoms with Crippen molar-refractivity contribution in [2.75, 3.05) is 19.8 Å². The number of hydrogen-bond acceptors (Lipinski definition) is 5. The maximum Gasteiger partial charge on any atom is 0.114 e. The monoisotopic (exact) mass is 344 g/mol. The molecule has 142 valence electrons. The summed E-state index contributed by atoms with van der Waals surface area (Å²) >= 11 is 0. The summed E-state index contributed by atoms with van der Waals surface area (Å²) in [5, 5.41) is 28.9. The molecule has 4 atom stereocenters. The molecule has 0 aromatic carbocycles. The van der Waals surface area contributed by atoms with Gasteiger partial charge < -0.3 is 24.8 Å². The van der Waals surface area contributed by atoms with E-state index in [9.17, 15) is 15.3 Å². The van der Waals surface area contributed by atoms with Gasteiger partial charge >= 0.3 is 0 Å². The molecular weight excluding hydrogens is 308 g/mol. The first kappa shape index (κ1) is 21.6. The van der Waals surface area contributed by atoms with Crippen molar-refractivity contribution < 1.29 is 24.8 Å². The van der Waals surface area contributed by atoms with Crippen LogP contribution in [-0.2, 0) is 9.47 Å². The van der Waals surface area contributed by atoms with Crippen molar-refractivity contribution in [2.45, 2.75) is 88.6 Å². The zero-order chi connectivity index (χ0) is 17.6. The van der Waals surface area contributed by atoms with Crippen LogP contribution in [-0.4, -0.2) is 59.6 Å². The summed E-state index contributed by atoms with van der Waals surface area (Å²) in [6.07, 6.45) is 10.8. The van der Waals surface area contributed by atoms with Gasteiger partial charge in [-0.15, -0.1) is 6.58 Å². The van der Waals surface area contributed by atoms with Gasteiger partial charge in [-0.2, -0.15) is 0 Å². The van der Waals surface area contributed by atoms with Crippen molar-refractivity contribution in [2.24, 2.45) is 0 Å². The van der Waals surface area contributed by atoms with E-state index in [1.165, 1.54) is 44.9 Å². The molecule has 5 heteroatoms. The maximum absolute atomic E-state index is 9.89. The Kier molecular flexibility index (Phi) is 12.4. The van der Waals surface area contributed by atoms with E-state index in [0.29, 0.717) is 6.61 Å². The summed E-state index contributed by atoms with van der Waals surface area (Å²) in [7, 11) is 0. The molecule has 5 nitrogen and oxygen atoms in total. The smallest absolute Gasteiger partial charge is 0.114 e. The summed E-state index contributed by atoms with van der Waals surface area (Å²) < 4.78 is 10.6. The molecule has 1 aliphatic rings. The highest BCUT2D eigenvalue weighted by Crippen LogP contribution is 2.18. The first-order valence-electron chi connectivity index (χ1n) is 9.51. The van der Waals surface area contributed by atoms with Gasteiger partial charge in [-0.25, -0.2) is 0 Å². The van der Waals surface area contributed by atoms with Gasteiger partial charge in [0.2, 0.25) is 0 Å². The number of ether oxygens (including phenoxy) is 2. The van der Waals surface area contributed by atoms with Crippen LogP contribution in [0.5, 0.6) is 0 Å². The Balaban J connectivity index is 1.83. The number of aliphatic hydroxyl groups is 3. The summed E-state index contributed by atoms with van der Waals surface area (Å²) in [6.45, 7) is 4.55. The number of unbranched alkanes of at least 4 members (excludes halogenated alkanes) is 9. The van der Waals surface area contributed by atoms with Gasteiger partial charge in [0.05, 0.1) is 13.2 Å². The Hall–Kier alpha value is -0.460. The zero-order valence-corrected chi connectivity index (χ0v) is 14.9. The molecule has 1 heterocycles. The van der Waals surface area contributed by atoms with Crippen LogP contribution in [0.15, 0.2) is 12.7 Å². The SMILES string of the molecule is C=CCCCCCCCCCCCOC[C@@H](O)[C@@H]1OC[C@H](O)[C@@H]1O. The third kappa shape index (κ3) is 9.14. The first-order valence-corrected chi connectivity index (χ1v) is 9.51. The fraction of sp³-hybridized carbons (Fsp3) is 0.895. The molecule has 0 saturated carbocycles. The molecular formula is C19H36O5. The predicted octanol–water partition coefficient (Wildman–Crippen LogP) is 2.57. The van der Waals surface area contributed by atoms with Crippen molar-refractivity contribution in [3.8, 4) is 0 Å². The van der Waals surface area contributed by atoms with E-state index in [0.717, 1.165) is 19.3 Å². The molecule has 0 unspecified atom stereocenters. The molecule has 3 N–H and O–H groups in total. The van der Waals surface area contributed by atoms with Gasteiger partial charge in [0.25, 0.3) is 0 Å². The van der Waals surface area contributed by atoms with Crippen molar-refractivity contribution in [1.82, 2.24) is 0 Å². The van der Waals surface area contributed by atoms with Gasteiger partial charge in [-0.3, -0.25) is 0 Å². The predicted molar refractivity (Wildman–Crippen MR) is 94.9 cm³/mol. The van der Waals surface area contributed by atoms with Gasteiger partial charge in [-0.05, 0) is 19.3 Å². The Morgan fingerprint density at radius 3 is 2.12 bits per heavy atom. The molecule has 0 radical (unpaired) electrons. The molecule has 0 aromatic rings. The molecule has 1 saturated heterocycles. The first-order chi connectivity index (χ1) is 11.7. The van der Waals surface area contributed by atoms with Crippen LogP contribution in [0.3, 0.4) is 0 Å². The third-order valence-corrected chi connectivity index (χ3v) is 4.56. The minimum absolute atomic E-state index is 0.0666. The van der Waals surface area contributed by atoms with E-state index in [1.54, 1.807) is 0 Å². The summed E-state index contributed by atoms with van der Waals surface area (Å²) in [6, 6.07) is 0. The van der Waals surface area contributed by atoms with Crippen LogP contribution in [0.4, 0.5) is 0 Å². The van der Waals surface area contributed by atoms with Crippen LogP contribution >= 0.6 is 0 Å².